The lowest BCUT2D eigenvalue weighted by molar-refractivity contribution is -0.139. The van der Waals surface area contributed by atoms with E-state index in [-0.39, 0.29) is 16.7 Å². The fourth-order valence-corrected chi connectivity index (χ4v) is 2.72. The molecule has 0 saturated heterocycles. The van der Waals surface area contributed by atoms with E-state index in [1.807, 2.05) is 14.1 Å². The minimum absolute atomic E-state index is 0.118. The molecule has 114 valence electrons. The van der Waals surface area contributed by atoms with E-state index in [9.17, 15) is 4.79 Å². The molecule has 0 aromatic heterocycles. The van der Waals surface area contributed by atoms with Gasteiger partial charge in [0.25, 0.3) is 0 Å². The van der Waals surface area contributed by atoms with Gasteiger partial charge in [0.05, 0.1) is 0 Å². The quantitative estimate of drug-likeness (QED) is 0.623. The van der Waals surface area contributed by atoms with Crippen molar-refractivity contribution in [3.05, 3.63) is 0 Å². The van der Waals surface area contributed by atoms with Gasteiger partial charge >= 0.3 is 0 Å². The molecule has 0 N–H and O–H groups in total. The first kappa shape index (κ1) is 18.5. The van der Waals surface area contributed by atoms with Gasteiger partial charge in [0.1, 0.15) is 0 Å². The van der Waals surface area contributed by atoms with E-state index in [2.05, 4.69) is 41.5 Å². The van der Waals surface area contributed by atoms with Crippen LogP contribution in [0.3, 0.4) is 0 Å². The molecule has 1 atom stereocenters. The largest absolute Gasteiger partial charge is 0.349 e. The van der Waals surface area contributed by atoms with Crippen LogP contribution in [0, 0.1) is 16.7 Å². The Morgan fingerprint density at radius 3 is 1.63 bits per heavy atom. The molecule has 0 saturated carbocycles. The summed E-state index contributed by atoms with van der Waals surface area (Å²) in [7, 11) is 3.77. The van der Waals surface area contributed by atoms with E-state index >= 15 is 0 Å². The summed E-state index contributed by atoms with van der Waals surface area (Å²) >= 11 is 0. The van der Waals surface area contributed by atoms with Crippen LogP contribution >= 0.6 is 0 Å². The summed E-state index contributed by atoms with van der Waals surface area (Å²) in [5.41, 5.74) is 0.398. The average Bonchev–Trinajstić information content (AvgIpc) is 2.42. The molecule has 0 fully saturated rings. The number of amides is 1. The van der Waals surface area contributed by atoms with Crippen molar-refractivity contribution in [3.63, 3.8) is 0 Å². The van der Waals surface area contributed by atoms with Gasteiger partial charge in [-0.15, -0.1) is 0 Å². The molecule has 0 aliphatic rings. The third-order valence-corrected chi connectivity index (χ3v) is 5.60. The SMILES string of the molecule is CCC(C)(CC)CC(C(=O)N(C)C)C(C)(CC)CC. The van der Waals surface area contributed by atoms with Crippen LogP contribution in [0.25, 0.3) is 0 Å². The molecular weight excluding hydrogens is 234 g/mol. The first-order chi connectivity index (χ1) is 8.69. The van der Waals surface area contributed by atoms with Gasteiger partial charge < -0.3 is 4.90 Å². The Labute approximate surface area is 120 Å². The number of carbonyl (C=O) groups is 1. The monoisotopic (exact) mass is 269 g/mol. The molecule has 0 aliphatic carbocycles. The van der Waals surface area contributed by atoms with Gasteiger partial charge in [-0.1, -0.05) is 54.4 Å². The van der Waals surface area contributed by atoms with Crippen molar-refractivity contribution in [2.75, 3.05) is 14.1 Å². The zero-order chi connectivity index (χ0) is 15.3. The lowest BCUT2D eigenvalue weighted by Crippen LogP contribution is -2.42. The number of hydrogen-bond donors (Lipinski definition) is 0. The predicted molar refractivity (Wildman–Crippen MR) is 84.2 cm³/mol. The van der Waals surface area contributed by atoms with Crippen molar-refractivity contribution in [1.29, 1.82) is 0 Å². The minimum atomic E-state index is 0.118. The highest BCUT2D eigenvalue weighted by Crippen LogP contribution is 2.44. The minimum Gasteiger partial charge on any atom is -0.349 e. The maximum atomic E-state index is 12.6. The van der Waals surface area contributed by atoms with Crippen molar-refractivity contribution in [3.8, 4) is 0 Å². The van der Waals surface area contributed by atoms with Gasteiger partial charge in [0, 0.05) is 20.0 Å². The molecule has 2 nitrogen and oxygen atoms in total. The second-order valence-electron chi connectivity index (χ2n) is 6.87. The molecular formula is C17H35NO. The first-order valence-electron chi connectivity index (χ1n) is 7.90. The van der Waals surface area contributed by atoms with Gasteiger partial charge in [-0.2, -0.15) is 0 Å². The molecule has 1 unspecified atom stereocenters. The van der Waals surface area contributed by atoms with Crippen LogP contribution in [0.1, 0.15) is 73.6 Å². The van der Waals surface area contributed by atoms with Crippen LogP contribution in [0.4, 0.5) is 0 Å². The van der Waals surface area contributed by atoms with Crippen molar-refractivity contribution in [2.45, 2.75) is 73.6 Å². The standard InChI is InChI=1S/C17H35NO/c1-9-16(5,10-2)13-14(15(19)18(7)8)17(6,11-3)12-4/h14H,9-13H2,1-8H3. The first-order valence-corrected chi connectivity index (χ1v) is 7.90. The molecule has 0 bridgehead atoms. The van der Waals surface area contributed by atoms with E-state index < -0.39 is 0 Å². The maximum absolute atomic E-state index is 12.6. The van der Waals surface area contributed by atoms with E-state index in [1.54, 1.807) is 4.90 Å². The molecule has 0 aromatic rings. The Kier molecular flexibility index (Phi) is 7.10. The highest BCUT2D eigenvalue weighted by molar-refractivity contribution is 5.79. The summed E-state index contributed by atoms with van der Waals surface area (Å²) in [4.78, 5) is 14.4. The highest BCUT2D eigenvalue weighted by Gasteiger charge is 2.40. The summed E-state index contributed by atoms with van der Waals surface area (Å²) in [6.45, 7) is 13.5. The molecule has 0 heterocycles. The van der Waals surface area contributed by atoms with Gasteiger partial charge in [0.2, 0.25) is 5.91 Å². The van der Waals surface area contributed by atoms with Crippen molar-refractivity contribution in [2.24, 2.45) is 16.7 Å². The zero-order valence-electron chi connectivity index (χ0n) is 14.5. The summed E-state index contributed by atoms with van der Waals surface area (Å²) in [5, 5.41) is 0. The normalized spacial score (nSPS) is 14.3. The number of nitrogens with zero attached hydrogens (tertiary/aromatic N) is 1. The van der Waals surface area contributed by atoms with Crippen LogP contribution in [0.2, 0.25) is 0 Å². The fourth-order valence-electron chi connectivity index (χ4n) is 2.72. The Bertz CT molecular complexity index is 275. The fraction of sp³-hybridized carbons (Fsp3) is 0.941. The molecule has 19 heavy (non-hydrogen) atoms. The molecule has 0 rings (SSSR count). The Balaban J connectivity index is 5.36. The van der Waals surface area contributed by atoms with E-state index in [0.29, 0.717) is 5.91 Å². The molecule has 0 spiro atoms. The summed E-state index contributed by atoms with van der Waals surface area (Å²) in [6.07, 6.45) is 5.43. The van der Waals surface area contributed by atoms with Crippen LogP contribution in [0.5, 0.6) is 0 Å². The number of hydrogen-bond acceptors (Lipinski definition) is 1. The summed E-state index contributed by atoms with van der Waals surface area (Å²) in [6, 6.07) is 0. The third-order valence-electron chi connectivity index (χ3n) is 5.60. The Hall–Kier alpha value is -0.530. The number of carbonyl (C=O) groups excluding carboxylic acids is 1. The topological polar surface area (TPSA) is 20.3 Å². The molecule has 0 aromatic carbocycles. The lowest BCUT2D eigenvalue weighted by Gasteiger charge is -2.41. The van der Waals surface area contributed by atoms with Gasteiger partial charge in [0.15, 0.2) is 0 Å². The van der Waals surface area contributed by atoms with E-state index in [4.69, 9.17) is 0 Å². The van der Waals surface area contributed by atoms with Crippen LogP contribution in [-0.4, -0.2) is 24.9 Å². The van der Waals surface area contributed by atoms with Crippen molar-refractivity contribution >= 4 is 5.91 Å². The second-order valence-corrected chi connectivity index (χ2v) is 6.87. The molecule has 1 amide bonds. The van der Waals surface area contributed by atoms with Gasteiger partial charge in [-0.25, -0.2) is 0 Å². The molecule has 0 radical (unpaired) electrons. The van der Waals surface area contributed by atoms with Gasteiger partial charge in [-0.3, -0.25) is 4.79 Å². The molecule has 2 heteroatoms. The Morgan fingerprint density at radius 2 is 1.37 bits per heavy atom. The zero-order valence-corrected chi connectivity index (χ0v) is 14.5. The van der Waals surface area contributed by atoms with Crippen molar-refractivity contribution < 1.29 is 4.79 Å². The predicted octanol–water partition coefficient (Wildman–Crippen LogP) is 4.73. The van der Waals surface area contributed by atoms with Crippen LogP contribution in [0.15, 0.2) is 0 Å². The third kappa shape index (κ3) is 4.50. The van der Waals surface area contributed by atoms with Crippen molar-refractivity contribution in [1.82, 2.24) is 4.90 Å². The Morgan fingerprint density at radius 1 is 0.947 bits per heavy atom. The van der Waals surface area contributed by atoms with E-state index in [1.165, 1.54) is 0 Å². The number of rotatable bonds is 8. The van der Waals surface area contributed by atoms with Gasteiger partial charge in [-0.05, 0) is 30.1 Å². The van der Waals surface area contributed by atoms with E-state index in [0.717, 1.165) is 32.1 Å². The van der Waals surface area contributed by atoms with Crippen LogP contribution in [-0.2, 0) is 4.79 Å². The lowest BCUT2D eigenvalue weighted by atomic mass is 9.64. The average molecular weight is 269 g/mol. The maximum Gasteiger partial charge on any atom is 0.225 e. The molecule has 0 aliphatic heterocycles. The highest BCUT2D eigenvalue weighted by atomic mass is 16.2. The van der Waals surface area contributed by atoms with Crippen LogP contribution < -0.4 is 0 Å². The second kappa shape index (κ2) is 7.31. The summed E-state index contributed by atoms with van der Waals surface area (Å²) in [5.74, 6) is 0.446. The smallest absolute Gasteiger partial charge is 0.225 e. The summed E-state index contributed by atoms with van der Waals surface area (Å²) < 4.78 is 0.